The molecule has 2 aromatic carbocycles. The molecule has 0 aliphatic carbocycles. The molecule has 3 aromatic rings. The van der Waals surface area contributed by atoms with Crippen molar-refractivity contribution in [1.29, 1.82) is 0 Å². The molecule has 0 radical (unpaired) electrons. The Kier molecular flexibility index (Phi) is 5.18. The first-order chi connectivity index (χ1) is 13.6. The molecule has 1 unspecified atom stereocenters. The summed E-state index contributed by atoms with van der Waals surface area (Å²) in [4.78, 5) is 16.0. The fourth-order valence-corrected chi connectivity index (χ4v) is 3.12. The highest BCUT2D eigenvalue weighted by molar-refractivity contribution is 5.93. The van der Waals surface area contributed by atoms with Gasteiger partial charge in [-0.15, -0.1) is 0 Å². The number of nitrogens with zero attached hydrogens (tertiary/aromatic N) is 3. The number of aromatic nitrogens is 3. The molecule has 1 saturated heterocycles. The summed E-state index contributed by atoms with van der Waals surface area (Å²) >= 11 is 0. The van der Waals surface area contributed by atoms with Crippen LogP contribution in [-0.4, -0.2) is 40.5 Å². The van der Waals surface area contributed by atoms with Gasteiger partial charge in [-0.3, -0.25) is 4.79 Å². The van der Waals surface area contributed by atoms with Gasteiger partial charge < -0.3 is 15.2 Å². The first kappa shape index (κ1) is 18.3. The molecule has 1 aliphatic rings. The lowest BCUT2D eigenvalue weighted by molar-refractivity contribution is -0.0948. The number of carbonyl (C=O) groups excluding carboxylic acids is 1. The number of primary amides is 1. The van der Waals surface area contributed by atoms with E-state index in [0.717, 1.165) is 17.0 Å². The predicted octanol–water partition coefficient (Wildman–Crippen LogP) is 2.49. The first-order valence-corrected chi connectivity index (χ1v) is 9.20. The quantitative estimate of drug-likeness (QED) is 0.736. The van der Waals surface area contributed by atoms with Gasteiger partial charge in [-0.1, -0.05) is 42.0 Å². The largest absolute Gasteiger partial charge is 0.376 e. The van der Waals surface area contributed by atoms with Crippen LogP contribution in [0.1, 0.15) is 33.4 Å². The Hall–Kier alpha value is -3.03. The smallest absolute Gasteiger partial charge is 0.248 e. The van der Waals surface area contributed by atoms with Crippen LogP contribution >= 0.6 is 0 Å². The molecule has 7 heteroatoms. The average Bonchev–Trinajstić information content (AvgIpc) is 3.14. The zero-order valence-electron chi connectivity index (χ0n) is 15.7. The number of hydrogen-bond donors (Lipinski definition) is 1. The van der Waals surface area contributed by atoms with E-state index in [4.69, 9.17) is 25.3 Å². The lowest BCUT2D eigenvalue weighted by Gasteiger charge is -2.22. The maximum Gasteiger partial charge on any atom is 0.248 e. The number of rotatable bonds is 5. The molecule has 1 aromatic heterocycles. The van der Waals surface area contributed by atoms with Crippen LogP contribution in [0.25, 0.3) is 11.4 Å². The van der Waals surface area contributed by atoms with Gasteiger partial charge in [0.05, 0.1) is 26.4 Å². The molecule has 0 saturated carbocycles. The molecule has 0 spiro atoms. The van der Waals surface area contributed by atoms with Crippen molar-refractivity contribution in [3.63, 3.8) is 0 Å². The van der Waals surface area contributed by atoms with Crippen molar-refractivity contribution >= 4 is 5.91 Å². The summed E-state index contributed by atoms with van der Waals surface area (Å²) in [6, 6.07) is 15.3. The van der Waals surface area contributed by atoms with Crippen LogP contribution < -0.4 is 5.73 Å². The number of aryl methyl sites for hydroxylation is 1. The van der Waals surface area contributed by atoms with Crippen LogP contribution in [-0.2, 0) is 16.0 Å². The second-order valence-electron chi connectivity index (χ2n) is 6.81. The first-order valence-electron chi connectivity index (χ1n) is 9.20. The van der Waals surface area contributed by atoms with Gasteiger partial charge >= 0.3 is 0 Å². The van der Waals surface area contributed by atoms with Crippen molar-refractivity contribution in [1.82, 2.24) is 14.8 Å². The Morgan fingerprint density at radius 2 is 1.89 bits per heavy atom. The van der Waals surface area contributed by atoms with Gasteiger partial charge in [0, 0.05) is 11.1 Å². The number of amides is 1. The van der Waals surface area contributed by atoms with E-state index < -0.39 is 5.91 Å². The van der Waals surface area contributed by atoms with Gasteiger partial charge in [0.25, 0.3) is 0 Å². The number of benzene rings is 2. The predicted molar refractivity (Wildman–Crippen MR) is 104 cm³/mol. The molecule has 0 bridgehead atoms. The summed E-state index contributed by atoms with van der Waals surface area (Å²) in [5.74, 6) is 0.847. The molecule has 7 nitrogen and oxygen atoms in total. The van der Waals surface area contributed by atoms with Crippen molar-refractivity contribution in [2.45, 2.75) is 19.6 Å². The molecular weight excluding hydrogens is 356 g/mol. The summed E-state index contributed by atoms with van der Waals surface area (Å²) in [6.07, 6.45) is -0.259. The minimum atomic E-state index is -0.460. The Bertz CT molecular complexity index is 958. The molecule has 2 heterocycles. The van der Waals surface area contributed by atoms with E-state index in [1.807, 2.05) is 4.68 Å². The van der Waals surface area contributed by atoms with Crippen LogP contribution in [0.5, 0.6) is 0 Å². The van der Waals surface area contributed by atoms with E-state index in [2.05, 4.69) is 31.2 Å². The summed E-state index contributed by atoms with van der Waals surface area (Å²) in [6.45, 7) is 4.22. The van der Waals surface area contributed by atoms with Crippen molar-refractivity contribution in [3.8, 4) is 11.4 Å². The Morgan fingerprint density at radius 1 is 1.14 bits per heavy atom. The molecule has 1 amide bonds. The topological polar surface area (TPSA) is 92.3 Å². The number of ether oxygens (including phenoxy) is 2. The summed E-state index contributed by atoms with van der Waals surface area (Å²) < 4.78 is 13.3. The van der Waals surface area contributed by atoms with Crippen LogP contribution in [0.15, 0.2) is 48.5 Å². The van der Waals surface area contributed by atoms with E-state index in [1.54, 1.807) is 24.3 Å². The number of hydrogen-bond acceptors (Lipinski definition) is 5. The zero-order valence-corrected chi connectivity index (χ0v) is 15.7. The van der Waals surface area contributed by atoms with Gasteiger partial charge in [-0.05, 0) is 24.6 Å². The zero-order chi connectivity index (χ0) is 19.5. The third kappa shape index (κ3) is 3.95. The lowest BCUT2D eigenvalue weighted by Crippen LogP contribution is -2.25. The molecule has 2 N–H and O–H groups in total. The fraction of sp³-hybridized carbons (Fsp3) is 0.286. The van der Waals surface area contributed by atoms with Crippen LogP contribution in [0, 0.1) is 6.92 Å². The number of carbonyl (C=O) groups is 1. The second-order valence-corrected chi connectivity index (χ2v) is 6.81. The summed E-state index contributed by atoms with van der Waals surface area (Å²) in [7, 11) is 0. The minimum absolute atomic E-state index is 0.259. The molecular formula is C21H22N4O3. The second kappa shape index (κ2) is 7.92. The van der Waals surface area contributed by atoms with Crippen molar-refractivity contribution in [2.75, 3.05) is 19.8 Å². The van der Waals surface area contributed by atoms with Crippen molar-refractivity contribution < 1.29 is 14.3 Å². The maximum absolute atomic E-state index is 11.3. The van der Waals surface area contributed by atoms with Crippen LogP contribution in [0.4, 0.5) is 0 Å². The normalized spacial score (nSPS) is 16.8. The molecule has 4 rings (SSSR count). The third-order valence-corrected chi connectivity index (χ3v) is 4.68. The SMILES string of the molecule is Cc1ccc(Cn2nc(-c3ccc(C(N)=O)cc3)nc2C2COCCO2)cc1. The van der Waals surface area contributed by atoms with Crippen LogP contribution in [0.2, 0.25) is 0 Å². The fourth-order valence-electron chi connectivity index (χ4n) is 3.12. The van der Waals surface area contributed by atoms with Gasteiger partial charge in [-0.25, -0.2) is 9.67 Å². The maximum atomic E-state index is 11.3. The standard InChI is InChI=1S/C21H22N4O3/c1-14-2-4-15(5-3-14)12-25-21(18-13-27-10-11-28-18)23-20(24-25)17-8-6-16(7-9-17)19(22)26/h2-9,18H,10-13H2,1H3,(H2,22,26). The van der Waals surface area contributed by atoms with E-state index in [-0.39, 0.29) is 6.10 Å². The van der Waals surface area contributed by atoms with Gasteiger partial charge in [0.15, 0.2) is 11.6 Å². The molecule has 28 heavy (non-hydrogen) atoms. The highest BCUT2D eigenvalue weighted by atomic mass is 16.6. The van der Waals surface area contributed by atoms with Crippen molar-refractivity contribution in [2.24, 2.45) is 5.73 Å². The molecule has 1 aliphatic heterocycles. The van der Waals surface area contributed by atoms with E-state index >= 15 is 0 Å². The summed E-state index contributed by atoms with van der Waals surface area (Å²) in [5.41, 5.74) is 8.92. The summed E-state index contributed by atoms with van der Waals surface area (Å²) in [5, 5.41) is 4.70. The lowest BCUT2D eigenvalue weighted by atomic mass is 10.1. The van der Waals surface area contributed by atoms with E-state index in [1.165, 1.54) is 5.56 Å². The van der Waals surface area contributed by atoms with Gasteiger partial charge in [-0.2, -0.15) is 5.10 Å². The molecule has 1 atom stereocenters. The van der Waals surface area contributed by atoms with Crippen LogP contribution in [0.3, 0.4) is 0 Å². The average molecular weight is 378 g/mol. The van der Waals surface area contributed by atoms with Crippen molar-refractivity contribution in [3.05, 3.63) is 71.0 Å². The van der Waals surface area contributed by atoms with Gasteiger partial charge in [0.1, 0.15) is 6.10 Å². The highest BCUT2D eigenvalue weighted by Gasteiger charge is 2.24. The monoisotopic (exact) mass is 378 g/mol. The highest BCUT2D eigenvalue weighted by Crippen LogP contribution is 2.24. The minimum Gasteiger partial charge on any atom is -0.376 e. The Labute approximate surface area is 163 Å². The molecule has 144 valence electrons. The van der Waals surface area contributed by atoms with E-state index in [0.29, 0.717) is 37.8 Å². The molecule has 1 fully saturated rings. The van der Waals surface area contributed by atoms with Gasteiger partial charge in [0.2, 0.25) is 5.91 Å². The Morgan fingerprint density at radius 3 is 2.54 bits per heavy atom. The third-order valence-electron chi connectivity index (χ3n) is 4.68. The number of nitrogens with two attached hydrogens (primary N) is 1. The van der Waals surface area contributed by atoms with E-state index in [9.17, 15) is 4.79 Å². The Balaban J connectivity index is 1.68.